The molecule has 0 spiro atoms. The molecule has 0 aliphatic rings. The van der Waals surface area contributed by atoms with E-state index < -0.39 is 6.04 Å². The van der Waals surface area contributed by atoms with Crippen LogP contribution in [-0.4, -0.2) is 35.1 Å². The SMILES string of the molecule is CCC(C(=O)NCC(C)C)N(Cc1ccc(Cl)cc1Cl)C(=O)CCCSc1ccc(Cl)cc1. The Morgan fingerprint density at radius 3 is 2.30 bits per heavy atom. The van der Waals surface area contributed by atoms with Crippen LogP contribution in [0.15, 0.2) is 47.4 Å². The zero-order valence-electron chi connectivity index (χ0n) is 19.2. The summed E-state index contributed by atoms with van der Waals surface area (Å²) >= 11 is 20.0. The molecule has 0 bridgehead atoms. The number of thioether (sulfide) groups is 1. The van der Waals surface area contributed by atoms with Crippen LogP contribution >= 0.6 is 46.6 Å². The lowest BCUT2D eigenvalue weighted by Crippen LogP contribution is -2.49. The molecule has 1 N–H and O–H groups in total. The topological polar surface area (TPSA) is 49.4 Å². The van der Waals surface area contributed by atoms with Crippen molar-refractivity contribution in [2.24, 2.45) is 5.92 Å². The first-order valence-electron chi connectivity index (χ1n) is 11.1. The Labute approximate surface area is 216 Å². The molecule has 2 aromatic carbocycles. The van der Waals surface area contributed by atoms with E-state index in [-0.39, 0.29) is 18.4 Å². The lowest BCUT2D eigenvalue weighted by molar-refractivity contribution is -0.141. The third-order valence-electron chi connectivity index (χ3n) is 5.04. The van der Waals surface area contributed by atoms with Gasteiger partial charge in [-0.15, -0.1) is 11.8 Å². The molecule has 0 aromatic heterocycles. The minimum atomic E-state index is -0.563. The monoisotopic (exact) mass is 528 g/mol. The molecule has 180 valence electrons. The van der Waals surface area contributed by atoms with E-state index >= 15 is 0 Å². The molecule has 0 aliphatic heterocycles. The lowest BCUT2D eigenvalue weighted by atomic mass is 10.1. The Bertz CT molecular complexity index is 922. The maximum absolute atomic E-state index is 13.3. The molecule has 8 heteroatoms. The first-order valence-corrected chi connectivity index (χ1v) is 13.2. The summed E-state index contributed by atoms with van der Waals surface area (Å²) in [6, 6.07) is 12.3. The summed E-state index contributed by atoms with van der Waals surface area (Å²) < 4.78 is 0. The van der Waals surface area contributed by atoms with E-state index in [2.05, 4.69) is 5.32 Å². The molecular weight excluding hydrogens is 499 g/mol. The second-order valence-corrected chi connectivity index (χ2v) is 10.7. The van der Waals surface area contributed by atoms with Crippen LogP contribution in [0.4, 0.5) is 0 Å². The van der Waals surface area contributed by atoms with Crippen molar-refractivity contribution in [1.29, 1.82) is 0 Å². The average Bonchev–Trinajstić information content (AvgIpc) is 2.77. The Balaban J connectivity index is 2.09. The van der Waals surface area contributed by atoms with Crippen molar-refractivity contribution in [3.63, 3.8) is 0 Å². The van der Waals surface area contributed by atoms with Gasteiger partial charge in [-0.05, 0) is 66.5 Å². The number of hydrogen-bond donors (Lipinski definition) is 1. The van der Waals surface area contributed by atoms with Crippen LogP contribution in [0.2, 0.25) is 15.1 Å². The molecule has 4 nitrogen and oxygen atoms in total. The van der Waals surface area contributed by atoms with Crippen molar-refractivity contribution in [2.45, 2.75) is 57.5 Å². The van der Waals surface area contributed by atoms with Crippen molar-refractivity contribution >= 4 is 58.4 Å². The van der Waals surface area contributed by atoms with Gasteiger partial charge in [-0.3, -0.25) is 9.59 Å². The van der Waals surface area contributed by atoms with Crippen LogP contribution in [0.25, 0.3) is 0 Å². The molecule has 0 aliphatic carbocycles. The van der Waals surface area contributed by atoms with Gasteiger partial charge in [0, 0.05) is 39.5 Å². The van der Waals surface area contributed by atoms with Crippen LogP contribution < -0.4 is 5.32 Å². The highest BCUT2D eigenvalue weighted by molar-refractivity contribution is 7.99. The largest absolute Gasteiger partial charge is 0.354 e. The number of amides is 2. The van der Waals surface area contributed by atoms with E-state index in [9.17, 15) is 9.59 Å². The smallest absolute Gasteiger partial charge is 0.242 e. The van der Waals surface area contributed by atoms with E-state index in [0.29, 0.717) is 46.8 Å². The second-order valence-electron chi connectivity index (χ2n) is 8.23. The van der Waals surface area contributed by atoms with Gasteiger partial charge in [0.1, 0.15) is 6.04 Å². The number of halogens is 3. The zero-order valence-corrected chi connectivity index (χ0v) is 22.3. The van der Waals surface area contributed by atoms with E-state index in [1.165, 1.54) is 0 Å². The van der Waals surface area contributed by atoms with Gasteiger partial charge in [-0.2, -0.15) is 0 Å². The first-order chi connectivity index (χ1) is 15.7. The van der Waals surface area contributed by atoms with Crippen LogP contribution in [0.1, 0.15) is 45.6 Å². The second kappa shape index (κ2) is 14.1. The van der Waals surface area contributed by atoms with Crippen molar-refractivity contribution in [2.75, 3.05) is 12.3 Å². The van der Waals surface area contributed by atoms with Crippen molar-refractivity contribution in [1.82, 2.24) is 10.2 Å². The number of hydrogen-bond acceptors (Lipinski definition) is 3. The highest BCUT2D eigenvalue weighted by Gasteiger charge is 2.28. The van der Waals surface area contributed by atoms with E-state index in [1.807, 2.05) is 45.0 Å². The molecule has 33 heavy (non-hydrogen) atoms. The molecule has 2 rings (SSSR count). The molecule has 0 heterocycles. The highest BCUT2D eigenvalue weighted by atomic mass is 35.5. The Morgan fingerprint density at radius 1 is 1.03 bits per heavy atom. The third kappa shape index (κ3) is 9.40. The molecule has 0 saturated heterocycles. The first kappa shape index (κ1) is 27.8. The summed E-state index contributed by atoms with van der Waals surface area (Å²) in [6.07, 6.45) is 1.56. The Hall–Kier alpha value is -1.40. The molecule has 1 unspecified atom stereocenters. The molecule has 2 amide bonds. The van der Waals surface area contributed by atoms with Gasteiger partial charge < -0.3 is 10.2 Å². The summed E-state index contributed by atoms with van der Waals surface area (Å²) in [7, 11) is 0. The minimum absolute atomic E-state index is 0.0655. The third-order valence-corrected chi connectivity index (χ3v) is 6.98. The van der Waals surface area contributed by atoms with Gasteiger partial charge in [0.05, 0.1) is 0 Å². The molecule has 0 saturated carbocycles. The molecule has 2 aromatic rings. The zero-order chi connectivity index (χ0) is 24.4. The molecule has 0 radical (unpaired) electrons. The summed E-state index contributed by atoms with van der Waals surface area (Å²) in [5, 5.41) is 4.68. The summed E-state index contributed by atoms with van der Waals surface area (Å²) in [4.78, 5) is 29.0. The Morgan fingerprint density at radius 2 is 1.70 bits per heavy atom. The fourth-order valence-electron chi connectivity index (χ4n) is 3.26. The number of carbonyl (C=O) groups excluding carboxylic acids is 2. The van der Waals surface area contributed by atoms with Gasteiger partial charge in [-0.1, -0.05) is 61.6 Å². The normalized spacial score (nSPS) is 12.0. The van der Waals surface area contributed by atoms with E-state index in [0.717, 1.165) is 16.2 Å². The van der Waals surface area contributed by atoms with Gasteiger partial charge in [-0.25, -0.2) is 0 Å². The van der Waals surface area contributed by atoms with Crippen LogP contribution in [0.3, 0.4) is 0 Å². The predicted octanol–water partition coefficient (Wildman–Crippen LogP) is 7.10. The highest BCUT2D eigenvalue weighted by Crippen LogP contribution is 2.25. The number of benzene rings is 2. The molecule has 0 fully saturated rings. The number of nitrogens with zero attached hydrogens (tertiary/aromatic N) is 1. The summed E-state index contributed by atoms with van der Waals surface area (Å²) in [5.41, 5.74) is 0.764. The van der Waals surface area contributed by atoms with Crippen molar-refractivity contribution < 1.29 is 9.59 Å². The molecular formula is C25H31Cl3N2O2S. The minimum Gasteiger partial charge on any atom is -0.354 e. The number of carbonyl (C=O) groups is 2. The van der Waals surface area contributed by atoms with Gasteiger partial charge >= 0.3 is 0 Å². The van der Waals surface area contributed by atoms with Crippen LogP contribution in [0.5, 0.6) is 0 Å². The van der Waals surface area contributed by atoms with Gasteiger partial charge in [0.25, 0.3) is 0 Å². The van der Waals surface area contributed by atoms with Crippen molar-refractivity contribution in [3.8, 4) is 0 Å². The average molecular weight is 530 g/mol. The maximum atomic E-state index is 13.3. The fourth-order valence-corrected chi connectivity index (χ4v) is 4.71. The van der Waals surface area contributed by atoms with Crippen LogP contribution in [0, 0.1) is 5.92 Å². The van der Waals surface area contributed by atoms with Gasteiger partial charge in [0.15, 0.2) is 0 Å². The van der Waals surface area contributed by atoms with Gasteiger partial charge in [0.2, 0.25) is 11.8 Å². The Kier molecular flexibility index (Phi) is 11.9. The van der Waals surface area contributed by atoms with Crippen molar-refractivity contribution in [3.05, 3.63) is 63.1 Å². The van der Waals surface area contributed by atoms with Crippen LogP contribution in [-0.2, 0) is 16.1 Å². The van der Waals surface area contributed by atoms with E-state index in [1.54, 1.807) is 34.9 Å². The predicted molar refractivity (Wildman–Crippen MR) is 140 cm³/mol. The lowest BCUT2D eigenvalue weighted by Gasteiger charge is -2.31. The quantitative estimate of drug-likeness (QED) is 0.236. The maximum Gasteiger partial charge on any atom is 0.242 e. The fraction of sp³-hybridized carbons (Fsp3) is 0.440. The standard InChI is InChI=1S/C25H31Cl3N2O2S/c1-4-23(25(32)29-15-17(2)3)30(16-18-7-8-20(27)14-22(18)28)24(31)6-5-13-33-21-11-9-19(26)10-12-21/h7-12,14,17,23H,4-6,13,15-16H2,1-3H3,(H,29,32). The number of nitrogens with one attached hydrogen (secondary N) is 1. The van der Waals surface area contributed by atoms with E-state index in [4.69, 9.17) is 34.8 Å². The summed E-state index contributed by atoms with van der Waals surface area (Å²) in [5.74, 6) is 0.912. The number of rotatable bonds is 12. The molecule has 1 atom stereocenters. The summed E-state index contributed by atoms with van der Waals surface area (Å²) in [6.45, 7) is 6.81.